The SMILES string of the molecule is c1cc2c(c(-c3ncc4sc5ccccc5c4n3)c1)-c1c3c(ccc1=N2)=c1ccccc1=N3. The fraction of sp³-hybridized carbons (Fsp3) is 0. The Labute approximate surface area is 191 Å². The van der Waals surface area contributed by atoms with E-state index in [1.165, 1.54) is 15.3 Å². The lowest BCUT2D eigenvalue weighted by Gasteiger charge is -2.09. The fourth-order valence-electron chi connectivity index (χ4n) is 5.02. The molecule has 4 aromatic carbocycles. The average molecular weight is 439 g/mol. The van der Waals surface area contributed by atoms with Crippen molar-refractivity contribution in [1.82, 2.24) is 9.97 Å². The number of hydrogen-bond donors (Lipinski definition) is 0. The standard InChI is InChI=1S/C28H14N4S/c1-3-9-19-15(6-1)16-12-13-21-25(27(16)31-19)24-18(8-5-10-20(24)30-21)28-29-14-23-26(32-28)17-7-2-4-11-22(17)33-23/h1-14H. The van der Waals surface area contributed by atoms with Gasteiger partial charge < -0.3 is 0 Å². The Morgan fingerprint density at radius 1 is 0.636 bits per heavy atom. The van der Waals surface area contributed by atoms with E-state index in [9.17, 15) is 0 Å². The van der Waals surface area contributed by atoms with Crippen LogP contribution in [0.5, 0.6) is 0 Å². The summed E-state index contributed by atoms with van der Waals surface area (Å²) >= 11 is 1.73. The van der Waals surface area contributed by atoms with Gasteiger partial charge in [-0.3, -0.25) is 0 Å². The molecule has 0 fully saturated rings. The van der Waals surface area contributed by atoms with E-state index in [1.54, 1.807) is 11.3 Å². The number of para-hydroxylation sites is 1. The van der Waals surface area contributed by atoms with Gasteiger partial charge in [0.1, 0.15) is 0 Å². The van der Waals surface area contributed by atoms with Crippen molar-refractivity contribution in [3.8, 4) is 22.5 Å². The Bertz CT molecular complexity index is 2040. The van der Waals surface area contributed by atoms with Crippen molar-refractivity contribution in [3.05, 3.63) is 106 Å². The molecule has 0 unspecified atom stereocenters. The van der Waals surface area contributed by atoms with Crippen LogP contribution in [-0.4, -0.2) is 9.97 Å². The molecule has 0 atom stereocenters. The number of rotatable bonds is 1. The molecule has 0 N–H and O–H groups in total. The molecule has 2 aromatic heterocycles. The van der Waals surface area contributed by atoms with Crippen LogP contribution >= 0.6 is 11.3 Å². The molecule has 4 heterocycles. The highest BCUT2D eigenvalue weighted by molar-refractivity contribution is 7.25. The quantitative estimate of drug-likeness (QED) is 0.316. The third kappa shape index (κ3) is 2.29. The lowest BCUT2D eigenvalue weighted by molar-refractivity contribution is 1.24. The number of benzene rings is 4. The minimum absolute atomic E-state index is 0.721. The molecule has 0 saturated carbocycles. The second-order valence-corrected chi connectivity index (χ2v) is 9.38. The molecule has 2 aliphatic heterocycles. The minimum atomic E-state index is 0.721. The Morgan fingerprint density at radius 3 is 2.55 bits per heavy atom. The fourth-order valence-corrected chi connectivity index (χ4v) is 6.04. The summed E-state index contributed by atoms with van der Waals surface area (Å²) in [5.74, 6) is 0.721. The third-order valence-electron chi connectivity index (χ3n) is 6.47. The molecular weight excluding hydrogens is 424 g/mol. The van der Waals surface area contributed by atoms with Crippen molar-refractivity contribution in [2.24, 2.45) is 9.98 Å². The topological polar surface area (TPSA) is 50.5 Å². The van der Waals surface area contributed by atoms with Crippen molar-refractivity contribution in [2.75, 3.05) is 0 Å². The van der Waals surface area contributed by atoms with Crippen molar-refractivity contribution >= 4 is 43.0 Å². The van der Waals surface area contributed by atoms with E-state index in [4.69, 9.17) is 20.0 Å². The third-order valence-corrected chi connectivity index (χ3v) is 7.57. The maximum atomic E-state index is 5.04. The van der Waals surface area contributed by atoms with Gasteiger partial charge in [-0.1, -0.05) is 48.5 Å². The van der Waals surface area contributed by atoms with Crippen LogP contribution in [0.15, 0.2) is 95.0 Å². The molecule has 0 spiro atoms. The molecule has 33 heavy (non-hydrogen) atoms. The second-order valence-electron chi connectivity index (χ2n) is 8.30. The van der Waals surface area contributed by atoms with Crippen LogP contribution in [0.2, 0.25) is 0 Å². The largest absolute Gasteiger partial charge is 0.248 e. The van der Waals surface area contributed by atoms with Crippen LogP contribution in [0, 0.1) is 10.4 Å². The molecule has 152 valence electrons. The van der Waals surface area contributed by atoms with Gasteiger partial charge in [-0.05, 0) is 30.3 Å². The monoisotopic (exact) mass is 438 g/mol. The second kappa shape index (κ2) is 6.18. The van der Waals surface area contributed by atoms with E-state index in [-0.39, 0.29) is 0 Å². The Morgan fingerprint density at radius 2 is 1.55 bits per heavy atom. The van der Waals surface area contributed by atoms with Gasteiger partial charge in [0.25, 0.3) is 0 Å². The summed E-state index contributed by atoms with van der Waals surface area (Å²) in [5, 5.41) is 5.46. The van der Waals surface area contributed by atoms with Crippen LogP contribution in [0.3, 0.4) is 0 Å². The van der Waals surface area contributed by atoms with Gasteiger partial charge in [0.05, 0.1) is 32.3 Å². The molecular formula is C28H14N4S. The summed E-state index contributed by atoms with van der Waals surface area (Å²) in [4.78, 5) is 19.8. The predicted octanol–water partition coefficient (Wildman–Crippen LogP) is 5.99. The van der Waals surface area contributed by atoms with Crippen LogP contribution in [-0.2, 0) is 0 Å². The lowest BCUT2D eigenvalue weighted by Crippen LogP contribution is -2.01. The number of hydrogen-bond acceptors (Lipinski definition) is 5. The normalized spacial score (nSPS) is 12.7. The molecule has 0 bridgehead atoms. The first-order chi connectivity index (χ1) is 16.3. The van der Waals surface area contributed by atoms with Gasteiger partial charge in [0, 0.05) is 43.4 Å². The number of fused-ring (bicyclic) bond motifs is 9. The Kier molecular flexibility index (Phi) is 3.25. The van der Waals surface area contributed by atoms with Crippen molar-refractivity contribution in [1.29, 1.82) is 0 Å². The smallest absolute Gasteiger partial charge is 0.160 e. The van der Waals surface area contributed by atoms with Crippen molar-refractivity contribution in [3.63, 3.8) is 0 Å². The van der Waals surface area contributed by atoms with E-state index in [0.29, 0.717) is 0 Å². The maximum Gasteiger partial charge on any atom is 0.160 e. The Hall–Kier alpha value is -4.22. The average Bonchev–Trinajstić information content (AvgIpc) is 3.53. The zero-order valence-corrected chi connectivity index (χ0v) is 18.1. The molecule has 0 saturated heterocycles. The van der Waals surface area contributed by atoms with Crippen LogP contribution in [0.4, 0.5) is 11.4 Å². The first-order valence-corrected chi connectivity index (χ1v) is 11.6. The minimum Gasteiger partial charge on any atom is -0.248 e. The molecule has 6 aromatic rings. The summed E-state index contributed by atoms with van der Waals surface area (Å²) in [5.41, 5.74) is 6.08. The number of nitrogens with zero attached hydrogens (tertiary/aromatic N) is 4. The molecule has 2 aliphatic rings. The number of thiophene rings is 1. The molecule has 8 rings (SSSR count). The van der Waals surface area contributed by atoms with Crippen LogP contribution < -0.4 is 10.7 Å². The zero-order chi connectivity index (χ0) is 21.5. The van der Waals surface area contributed by atoms with Crippen molar-refractivity contribution < 1.29 is 0 Å². The zero-order valence-electron chi connectivity index (χ0n) is 17.3. The van der Waals surface area contributed by atoms with Gasteiger partial charge in [-0.25, -0.2) is 20.0 Å². The molecule has 5 heteroatoms. The Balaban J connectivity index is 1.44. The molecule has 0 aliphatic carbocycles. The summed E-state index contributed by atoms with van der Waals surface area (Å²) in [6.07, 6.45) is 1.95. The molecule has 4 nitrogen and oxygen atoms in total. The maximum absolute atomic E-state index is 5.04. The summed E-state index contributed by atoms with van der Waals surface area (Å²) in [6.45, 7) is 0. The highest BCUT2D eigenvalue weighted by Gasteiger charge is 2.25. The van der Waals surface area contributed by atoms with E-state index in [0.717, 1.165) is 60.0 Å². The first-order valence-electron chi connectivity index (χ1n) is 10.8. The lowest BCUT2D eigenvalue weighted by atomic mass is 9.96. The predicted molar refractivity (Wildman–Crippen MR) is 132 cm³/mol. The van der Waals surface area contributed by atoms with Gasteiger partial charge in [-0.15, -0.1) is 11.3 Å². The van der Waals surface area contributed by atoms with Gasteiger partial charge in [0.15, 0.2) is 5.82 Å². The molecule has 0 amide bonds. The highest BCUT2D eigenvalue weighted by atomic mass is 32.1. The summed E-state index contributed by atoms with van der Waals surface area (Å²) in [7, 11) is 0. The van der Waals surface area contributed by atoms with Gasteiger partial charge in [0.2, 0.25) is 0 Å². The van der Waals surface area contributed by atoms with E-state index in [2.05, 4.69) is 66.7 Å². The molecule has 0 radical (unpaired) electrons. The first kappa shape index (κ1) is 17.3. The van der Waals surface area contributed by atoms with E-state index in [1.807, 2.05) is 18.3 Å². The number of aromatic nitrogens is 2. The van der Waals surface area contributed by atoms with E-state index >= 15 is 0 Å². The van der Waals surface area contributed by atoms with Gasteiger partial charge in [-0.2, -0.15) is 0 Å². The van der Waals surface area contributed by atoms with Crippen LogP contribution in [0.1, 0.15) is 0 Å². The highest BCUT2D eigenvalue weighted by Crippen LogP contribution is 2.45. The summed E-state index contributed by atoms with van der Waals surface area (Å²) < 4.78 is 2.33. The van der Waals surface area contributed by atoms with E-state index < -0.39 is 0 Å². The van der Waals surface area contributed by atoms with Crippen molar-refractivity contribution in [2.45, 2.75) is 0 Å². The van der Waals surface area contributed by atoms with Crippen LogP contribution in [0.25, 0.3) is 42.8 Å². The van der Waals surface area contributed by atoms with Gasteiger partial charge >= 0.3 is 0 Å². The summed E-state index contributed by atoms with van der Waals surface area (Å²) in [6, 6.07) is 27.1.